The van der Waals surface area contributed by atoms with Crippen molar-refractivity contribution in [2.24, 2.45) is 0 Å². The molecular formula is C11H17N5O2. The Hall–Kier alpha value is -2.18. The van der Waals surface area contributed by atoms with Crippen LogP contribution in [-0.4, -0.2) is 34.9 Å². The molecule has 0 unspecified atom stereocenters. The number of amides is 2. The number of anilines is 1. The summed E-state index contributed by atoms with van der Waals surface area (Å²) in [5.74, 6) is -0.406. The molecule has 0 saturated carbocycles. The molecule has 0 fully saturated rings. The SMILES string of the molecule is CCNC(=O)CCNC(=O)c1cc(C)nc(N)n1. The van der Waals surface area contributed by atoms with Gasteiger partial charge in [-0.3, -0.25) is 9.59 Å². The van der Waals surface area contributed by atoms with Gasteiger partial charge in [0.1, 0.15) is 5.69 Å². The zero-order chi connectivity index (χ0) is 13.5. The Morgan fingerprint density at radius 1 is 1.33 bits per heavy atom. The van der Waals surface area contributed by atoms with E-state index in [4.69, 9.17) is 5.73 Å². The van der Waals surface area contributed by atoms with Crippen molar-refractivity contribution in [2.45, 2.75) is 20.3 Å². The van der Waals surface area contributed by atoms with Crippen LogP contribution >= 0.6 is 0 Å². The first kappa shape index (κ1) is 13.9. The van der Waals surface area contributed by atoms with Crippen LogP contribution in [0.15, 0.2) is 6.07 Å². The van der Waals surface area contributed by atoms with E-state index >= 15 is 0 Å². The highest BCUT2D eigenvalue weighted by Crippen LogP contribution is 2.01. The van der Waals surface area contributed by atoms with Crippen LogP contribution in [0.4, 0.5) is 5.95 Å². The molecule has 7 nitrogen and oxygen atoms in total. The maximum atomic E-state index is 11.7. The van der Waals surface area contributed by atoms with Crippen molar-refractivity contribution < 1.29 is 9.59 Å². The minimum Gasteiger partial charge on any atom is -0.368 e. The smallest absolute Gasteiger partial charge is 0.270 e. The maximum absolute atomic E-state index is 11.7. The summed E-state index contributed by atoms with van der Waals surface area (Å²) < 4.78 is 0. The van der Waals surface area contributed by atoms with Crippen LogP contribution in [0.3, 0.4) is 0 Å². The zero-order valence-electron chi connectivity index (χ0n) is 10.5. The molecule has 7 heteroatoms. The van der Waals surface area contributed by atoms with E-state index in [-0.39, 0.29) is 36.4 Å². The third-order valence-electron chi connectivity index (χ3n) is 2.12. The summed E-state index contributed by atoms with van der Waals surface area (Å²) in [6.07, 6.45) is 0.235. The number of nitrogens with zero attached hydrogens (tertiary/aromatic N) is 2. The topological polar surface area (TPSA) is 110 Å². The van der Waals surface area contributed by atoms with Gasteiger partial charge in [0.05, 0.1) is 0 Å². The van der Waals surface area contributed by atoms with E-state index in [9.17, 15) is 9.59 Å². The minimum atomic E-state index is -0.364. The fourth-order valence-corrected chi connectivity index (χ4v) is 1.37. The fourth-order valence-electron chi connectivity index (χ4n) is 1.37. The average molecular weight is 251 g/mol. The number of carbonyl (C=O) groups is 2. The molecule has 2 amide bonds. The highest BCUT2D eigenvalue weighted by Gasteiger charge is 2.09. The van der Waals surface area contributed by atoms with Crippen molar-refractivity contribution in [3.8, 4) is 0 Å². The van der Waals surface area contributed by atoms with Gasteiger partial charge in [0.2, 0.25) is 11.9 Å². The van der Waals surface area contributed by atoms with Gasteiger partial charge in [-0.2, -0.15) is 0 Å². The standard InChI is InChI=1S/C11H17N5O2/c1-3-13-9(17)4-5-14-10(18)8-6-7(2)15-11(12)16-8/h6H,3-5H2,1-2H3,(H,13,17)(H,14,18)(H2,12,15,16). The van der Waals surface area contributed by atoms with E-state index in [0.717, 1.165) is 0 Å². The predicted octanol–water partition coefficient (Wildman–Crippen LogP) is -0.377. The van der Waals surface area contributed by atoms with Crippen LogP contribution in [0, 0.1) is 6.92 Å². The van der Waals surface area contributed by atoms with Gasteiger partial charge in [-0.05, 0) is 19.9 Å². The molecule has 0 aliphatic rings. The number of rotatable bonds is 5. The Morgan fingerprint density at radius 2 is 2.06 bits per heavy atom. The largest absolute Gasteiger partial charge is 0.368 e. The molecule has 0 spiro atoms. The number of hydrogen-bond donors (Lipinski definition) is 3. The van der Waals surface area contributed by atoms with Crippen LogP contribution in [0.5, 0.6) is 0 Å². The fraction of sp³-hybridized carbons (Fsp3) is 0.455. The van der Waals surface area contributed by atoms with Crippen molar-refractivity contribution in [2.75, 3.05) is 18.8 Å². The predicted molar refractivity (Wildman–Crippen MR) is 66.8 cm³/mol. The Morgan fingerprint density at radius 3 is 2.67 bits per heavy atom. The summed E-state index contributed by atoms with van der Waals surface area (Å²) >= 11 is 0. The lowest BCUT2D eigenvalue weighted by Crippen LogP contribution is -2.31. The second kappa shape index (κ2) is 6.53. The molecule has 18 heavy (non-hydrogen) atoms. The highest BCUT2D eigenvalue weighted by molar-refractivity contribution is 5.92. The molecule has 4 N–H and O–H groups in total. The quantitative estimate of drug-likeness (QED) is 0.661. The molecule has 0 aliphatic heterocycles. The van der Waals surface area contributed by atoms with E-state index in [1.807, 2.05) is 6.92 Å². The molecule has 0 atom stereocenters. The van der Waals surface area contributed by atoms with Gasteiger partial charge < -0.3 is 16.4 Å². The van der Waals surface area contributed by atoms with Gasteiger partial charge in [0.15, 0.2) is 0 Å². The molecule has 0 radical (unpaired) electrons. The lowest BCUT2D eigenvalue weighted by atomic mass is 10.3. The summed E-state index contributed by atoms with van der Waals surface area (Å²) in [4.78, 5) is 30.6. The van der Waals surface area contributed by atoms with Crippen molar-refractivity contribution in [3.05, 3.63) is 17.5 Å². The molecule has 0 aliphatic carbocycles. The lowest BCUT2D eigenvalue weighted by molar-refractivity contribution is -0.120. The second-order valence-electron chi connectivity index (χ2n) is 3.71. The van der Waals surface area contributed by atoms with Crippen molar-refractivity contribution in [1.82, 2.24) is 20.6 Å². The van der Waals surface area contributed by atoms with E-state index in [0.29, 0.717) is 12.2 Å². The molecule has 1 aromatic rings. The van der Waals surface area contributed by atoms with Crippen LogP contribution in [-0.2, 0) is 4.79 Å². The third-order valence-corrected chi connectivity index (χ3v) is 2.12. The first-order chi connectivity index (χ1) is 8.52. The van der Waals surface area contributed by atoms with E-state index in [1.54, 1.807) is 6.92 Å². The van der Waals surface area contributed by atoms with Gasteiger partial charge in [0.25, 0.3) is 5.91 Å². The van der Waals surface area contributed by atoms with E-state index < -0.39 is 0 Å². The Balaban J connectivity index is 2.48. The molecular weight excluding hydrogens is 234 g/mol. The summed E-state index contributed by atoms with van der Waals surface area (Å²) in [5, 5.41) is 5.24. The Kier molecular flexibility index (Phi) is 5.04. The Bertz CT molecular complexity index is 427. The number of nitrogen functional groups attached to an aromatic ring is 1. The minimum absolute atomic E-state index is 0.0591. The Labute approximate surface area is 105 Å². The number of aryl methyl sites for hydroxylation is 1. The molecule has 1 heterocycles. The number of nitrogens with one attached hydrogen (secondary N) is 2. The second-order valence-corrected chi connectivity index (χ2v) is 3.71. The van der Waals surface area contributed by atoms with Crippen LogP contribution in [0.1, 0.15) is 29.5 Å². The molecule has 1 aromatic heterocycles. The van der Waals surface area contributed by atoms with Gasteiger partial charge in [-0.25, -0.2) is 9.97 Å². The molecule has 0 bridgehead atoms. The van der Waals surface area contributed by atoms with E-state index in [1.165, 1.54) is 6.07 Å². The maximum Gasteiger partial charge on any atom is 0.270 e. The number of carbonyl (C=O) groups excluding carboxylic acids is 2. The summed E-state index contributed by atoms with van der Waals surface area (Å²) in [6, 6.07) is 1.54. The number of aromatic nitrogens is 2. The molecule has 0 saturated heterocycles. The highest BCUT2D eigenvalue weighted by atomic mass is 16.2. The summed E-state index contributed by atoms with van der Waals surface area (Å²) in [7, 11) is 0. The van der Waals surface area contributed by atoms with Gasteiger partial charge in [0, 0.05) is 25.2 Å². The van der Waals surface area contributed by atoms with Crippen LogP contribution in [0.25, 0.3) is 0 Å². The van der Waals surface area contributed by atoms with Crippen LogP contribution < -0.4 is 16.4 Å². The summed E-state index contributed by atoms with van der Waals surface area (Å²) in [6.45, 7) is 4.40. The molecule has 98 valence electrons. The van der Waals surface area contributed by atoms with Crippen molar-refractivity contribution >= 4 is 17.8 Å². The molecule has 0 aromatic carbocycles. The number of hydrogen-bond acceptors (Lipinski definition) is 5. The average Bonchev–Trinajstić information content (AvgIpc) is 2.27. The van der Waals surface area contributed by atoms with Crippen molar-refractivity contribution in [3.63, 3.8) is 0 Å². The summed E-state index contributed by atoms with van der Waals surface area (Å²) in [5.41, 5.74) is 6.27. The van der Waals surface area contributed by atoms with Gasteiger partial charge in [-0.15, -0.1) is 0 Å². The number of nitrogens with two attached hydrogens (primary N) is 1. The normalized spacial score (nSPS) is 9.89. The lowest BCUT2D eigenvalue weighted by Gasteiger charge is -2.05. The molecule has 1 rings (SSSR count). The monoisotopic (exact) mass is 251 g/mol. The van der Waals surface area contributed by atoms with Crippen molar-refractivity contribution in [1.29, 1.82) is 0 Å². The van der Waals surface area contributed by atoms with Gasteiger partial charge in [-0.1, -0.05) is 0 Å². The zero-order valence-corrected chi connectivity index (χ0v) is 10.5. The van der Waals surface area contributed by atoms with Crippen LogP contribution in [0.2, 0.25) is 0 Å². The first-order valence-electron chi connectivity index (χ1n) is 5.69. The van der Waals surface area contributed by atoms with E-state index in [2.05, 4.69) is 20.6 Å². The third kappa shape index (κ3) is 4.36. The first-order valence-corrected chi connectivity index (χ1v) is 5.69. The van der Waals surface area contributed by atoms with Gasteiger partial charge >= 0.3 is 0 Å².